The highest BCUT2D eigenvalue weighted by molar-refractivity contribution is 9.10. The summed E-state index contributed by atoms with van der Waals surface area (Å²) < 4.78 is 12.4. The first-order valence-electron chi connectivity index (χ1n) is 6.19. The van der Waals surface area contributed by atoms with Gasteiger partial charge in [0, 0.05) is 36.1 Å². The fourth-order valence-electron chi connectivity index (χ4n) is 2.74. The third-order valence-electron chi connectivity index (χ3n) is 3.51. The molecule has 0 aromatic heterocycles. The first kappa shape index (κ1) is 12.3. The summed E-state index contributed by atoms with van der Waals surface area (Å²) in [5.41, 5.74) is 3.12. The van der Waals surface area contributed by atoms with E-state index in [1.165, 1.54) is 0 Å². The molecule has 5 heteroatoms. The lowest BCUT2D eigenvalue weighted by Crippen LogP contribution is -2.18. The Morgan fingerprint density at radius 1 is 1.22 bits per heavy atom. The van der Waals surface area contributed by atoms with Crippen LogP contribution in [0, 0.1) is 0 Å². The summed E-state index contributed by atoms with van der Waals surface area (Å²) in [6.07, 6.45) is 1.15. The number of likely N-dealkylation sites (N-methyl/N-ethyl adjacent to an activating group) is 1. The molecule has 0 radical (unpaired) electrons. The van der Waals surface area contributed by atoms with Crippen molar-refractivity contribution in [2.75, 3.05) is 26.8 Å². The highest BCUT2D eigenvalue weighted by atomic mass is 79.9. The van der Waals surface area contributed by atoms with Gasteiger partial charge in [-0.05, 0) is 23.0 Å². The monoisotopic (exact) mass is 313 g/mol. The quantitative estimate of drug-likeness (QED) is 0.889. The number of rotatable bonds is 3. The second-order valence-electron chi connectivity index (χ2n) is 4.61. The van der Waals surface area contributed by atoms with Crippen molar-refractivity contribution in [2.24, 2.45) is 0 Å². The van der Waals surface area contributed by atoms with Gasteiger partial charge in [-0.15, -0.1) is 0 Å². The zero-order valence-electron chi connectivity index (χ0n) is 10.3. The number of ether oxygens (including phenoxy) is 2. The molecule has 1 aromatic rings. The predicted octanol–water partition coefficient (Wildman–Crippen LogP) is 1.57. The predicted molar refractivity (Wildman–Crippen MR) is 71.4 cm³/mol. The Morgan fingerprint density at radius 3 is 2.61 bits per heavy atom. The Bertz CT molecular complexity index is 455. The van der Waals surface area contributed by atoms with Crippen LogP contribution >= 0.6 is 15.9 Å². The number of hydrogen-bond donors (Lipinski definition) is 2. The van der Waals surface area contributed by atoms with Crippen LogP contribution in [-0.4, -0.2) is 31.9 Å². The van der Waals surface area contributed by atoms with E-state index in [1.807, 2.05) is 7.05 Å². The van der Waals surface area contributed by atoms with Crippen molar-refractivity contribution < 1.29 is 14.6 Å². The third kappa shape index (κ3) is 1.73. The summed E-state index contributed by atoms with van der Waals surface area (Å²) in [6, 6.07) is 0. The second-order valence-corrected chi connectivity index (χ2v) is 5.41. The molecular formula is C13H16BrNO3. The molecule has 0 amide bonds. The van der Waals surface area contributed by atoms with Gasteiger partial charge in [0.1, 0.15) is 11.5 Å². The molecule has 18 heavy (non-hydrogen) atoms. The van der Waals surface area contributed by atoms with Gasteiger partial charge in [0.2, 0.25) is 0 Å². The minimum Gasteiger partial charge on any atom is -0.493 e. The summed E-state index contributed by atoms with van der Waals surface area (Å²) in [4.78, 5) is 0. The van der Waals surface area contributed by atoms with Gasteiger partial charge in [-0.3, -0.25) is 0 Å². The standard InChI is InChI=1S/C13H16BrNO3/c1-15-6-9(16)10-7-2-4-18-13(7)11(14)8-3-5-17-12(8)10/h9,15-16H,2-6H2,1H3. The molecule has 1 unspecified atom stereocenters. The number of aliphatic hydroxyl groups excluding tert-OH is 1. The van der Waals surface area contributed by atoms with Gasteiger partial charge in [0.25, 0.3) is 0 Å². The van der Waals surface area contributed by atoms with Crippen LogP contribution < -0.4 is 14.8 Å². The van der Waals surface area contributed by atoms with Crippen LogP contribution in [0.15, 0.2) is 4.47 Å². The summed E-state index contributed by atoms with van der Waals surface area (Å²) in [5.74, 6) is 1.75. The smallest absolute Gasteiger partial charge is 0.137 e. The Kier molecular flexibility index (Phi) is 3.21. The highest BCUT2D eigenvalue weighted by Crippen LogP contribution is 2.48. The maximum atomic E-state index is 10.3. The fourth-order valence-corrected chi connectivity index (χ4v) is 3.47. The van der Waals surface area contributed by atoms with Crippen LogP contribution in [0.1, 0.15) is 22.8 Å². The maximum absolute atomic E-state index is 10.3. The number of benzene rings is 1. The Hall–Kier alpha value is -0.780. The summed E-state index contributed by atoms with van der Waals surface area (Å²) in [6.45, 7) is 1.87. The second kappa shape index (κ2) is 4.72. The van der Waals surface area contributed by atoms with E-state index in [4.69, 9.17) is 9.47 Å². The van der Waals surface area contributed by atoms with Crippen LogP contribution in [0.2, 0.25) is 0 Å². The lowest BCUT2D eigenvalue weighted by atomic mass is 9.95. The first-order valence-corrected chi connectivity index (χ1v) is 6.98. The fraction of sp³-hybridized carbons (Fsp3) is 0.538. The molecule has 0 saturated carbocycles. The minimum absolute atomic E-state index is 0.518. The molecule has 2 aliphatic rings. The number of nitrogens with one attached hydrogen (secondary N) is 1. The summed E-state index contributed by atoms with van der Waals surface area (Å²) in [5, 5.41) is 13.3. The minimum atomic E-state index is -0.551. The Morgan fingerprint density at radius 2 is 1.89 bits per heavy atom. The molecule has 0 aliphatic carbocycles. The molecule has 0 fully saturated rings. The number of fused-ring (bicyclic) bond motifs is 2. The molecule has 0 saturated heterocycles. The molecule has 4 nitrogen and oxygen atoms in total. The van der Waals surface area contributed by atoms with Gasteiger partial charge in [-0.25, -0.2) is 0 Å². The highest BCUT2D eigenvalue weighted by Gasteiger charge is 2.32. The third-order valence-corrected chi connectivity index (χ3v) is 4.35. The van der Waals surface area contributed by atoms with Gasteiger partial charge in [-0.1, -0.05) is 0 Å². The molecule has 1 atom stereocenters. The zero-order valence-corrected chi connectivity index (χ0v) is 11.8. The average molecular weight is 314 g/mol. The van der Waals surface area contributed by atoms with E-state index in [-0.39, 0.29) is 0 Å². The molecule has 2 heterocycles. The molecule has 2 aliphatic heterocycles. The van der Waals surface area contributed by atoms with Crippen LogP contribution in [0.5, 0.6) is 11.5 Å². The molecule has 0 spiro atoms. The van der Waals surface area contributed by atoms with Crippen molar-refractivity contribution in [1.29, 1.82) is 0 Å². The summed E-state index contributed by atoms with van der Waals surface area (Å²) >= 11 is 3.60. The maximum Gasteiger partial charge on any atom is 0.137 e. The number of halogens is 1. The van der Waals surface area contributed by atoms with Gasteiger partial charge in [0.05, 0.1) is 23.8 Å². The Labute approximate surface area is 114 Å². The number of hydrogen-bond acceptors (Lipinski definition) is 4. The largest absolute Gasteiger partial charge is 0.493 e. The first-order chi connectivity index (χ1) is 8.74. The van der Waals surface area contributed by atoms with Crippen molar-refractivity contribution in [2.45, 2.75) is 18.9 Å². The van der Waals surface area contributed by atoms with E-state index in [2.05, 4.69) is 21.2 Å². The van der Waals surface area contributed by atoms with E-state index >= 15 is 0 Å². The van der Waals surface area contributed by atoms with Crippen molar-refractivity contribution in [3.05, 3.63) is 21.2 Å². The lowest BCUT2D eigenvalue weighted by Gasteiger charge is -2.19. The van der Waals surface area contributed by atoms with Gasteiger partial charge >= 0.3 is 0 Å². The van der Waals surface area contributed by atoms with E-state index < -0.39 is 6.10 Å². The van der Waals surface area contributed by atoms with Crippen LogP contribution in [-0.2, 0) is 12.8 Å². The van der Waals surface area contributed by atoms with Crippen molar-refractivity contribution >= 4 is 15.9 Å². The molecular weight excluding hydrogens is 298 g/mol. The van der Waals surface area contributed by atoms with E-state index in [0.29, 0.717) is 19.8 Å². The van der Waals surface area contributed by atoms with Crippen LogP contribution in [0.3, 0.4) is 0 Å². The normalized spacial score (nSPS) is 17.9. The average Bonchev–Trinajstić information content (AvgIpc) is 2.97. The van der Waals surface area contributed by atoms with Crippen LogP contribution in [0.25, 0.3) is 0 Å². The van der Waals surface area contributed by atoms with Gasteiger partial charge in [-0.2, -0.15) is 0 Å². The van der Waals surface area contributed by atoms with Crippen molar-refractivity contribution in [3.8, 4) is 11.5 Å². The lowest BCUT2D eigenvalue weighted by molar-refractivity contribution is 0.172. The molecule has 1 aromatic carbocycles. The molecule has 2 N–H and O–H groups in total. The van der Waals surface area contributed by atoms with E-state index in [0.717, 1.165) is 45.5 Å². The zero-order chi connectivity index (χ0) is 12.7. The van der Waals surface area contributed by atoms with Crippen LogP contribution in [0.4, 0.5) is 0 Å². The SMILES string of the molecule is CNCC(O)c1c2c(c(Br)c3c1OCC3)OCC2. The summed E-state index contributed by atoms with van der Waals surface area (Å²) in [7, 11) is 1.83. The molecule has 98 valence electrons. The molecule has 0 bridgehead atoms. The van der Waals surface area contributed by atoms with Gasteiger partial charge in [0.15, 0.2) is 0 Å². The van der Waals surface area contributed by atoms with Crippen molar-refractivity contribution in [1.82, 2.24) is 5.32 Å². The Balaban J connectivity index is 2.18. The van der Waals surface area contributed by atoms with Gasteiger partial charge < -0.3 is 19.9 Å². The topological polar surface area (TPSA) is 50.7 Å². The van der Waals surface area contributed by atoms with E-state index in [9.17, 15) is 5.11 Å². The molecule has 3 rings (SSSR count). The van der Waals surface area contributed by atoms with Crippen molar-refractivity contribution in [3.63, 3.8) is 0 Å². The van der Waals surface area contributed by atoms with E-state index in [1.54, 1.807) is 0 Å². The number of aliphatic hydroxyl groups is 1.